The zero-order valence-electron chi connectivity index (χ0n) is 22.3. The Balaban J connectivity index is 2.15. The summed E-state index contributed by atoms with van der Waals surface area (Å²) in [6.07, 6.45) is 30.9. The molecule has 1 aromatic rings. The second-order valence-corrected chi connectivity index (χ2v) is 9.81. The van der Waals surface area contributed by atoms with Gasteiger partial charge in [0.25, 0.3) is 0 Å². The summed E-state index contributed by atoms with van der Waals surface area (Å²) >= 11 is 1.62. The standard InChI is InChI=1S/C31H43NO4S/c1-3-5-6-7-8-9-10-11-12-13-14-15-16-17-18-19-20-21-24-37-29(4-2)30(34)32-26-22-23-28(33)27(25-26)31(35)36/h5-6,8-9,11-12,14-15,17-18,22-23,25,29,33H,3-4,7,10,13,16,19-21,24H2,1-2H3,(H,32,34)(H,35,36)/b6-5-,9-8-,12-11-,15-14-,18-17-/t29-/m0/s1. The second-order valence-electron chi connectivity index (χ2n) is 8.50. The van der Waals surface area contributed by atoms with Gasteiger partial charge in [0.2, 0.25) is 5.91 Å². The second kappa shape index (κ2) is 21.1. The molecule has 0 aliphatic rings. The van der Waals surface area contributed by atoms with Crippen LogP contribution in [-0.4, -0.2) is 33.1 Å². The van der Waals surface area contributed by atoms with Gasteiger partial charge in [0.1, 0.15) is 11.3 Å². The van der Waals surface area contributed by atoms with Crippen LogP contribution in [0.4, 0.5) is 5.69 Å². The van der Waals surface area contributed by atoms with E-state index in [0.29, 0.717) is 12.1 Å². The number of hydrogen-bond acceptors (Lipinski definition) is 4. The predicted octanol–water partition coefficient (Wildman–Crippen LogP) is 8.46. The van der Waals surface area contributed by atoms with Crippen molar-refractivity contribution >= 4 is 29.3 Å². The molecule has 202 valence electrons. The Labute approximate surface area is 227 Å². The van der Waals surface area contributed by atoms with Crippen LogP contribution >= 0.6 is 11.8 Å². The molecule has 0 heterocycles. The molecule has 0 aromatic heterocycles. The number of anilines is 1. The SMILES string of the molecule is CC/C=C\C/C=C\C/C=C\C/C=C\C/C=C\CCCCS[C@@H](CC)C(=O)Nc1ccc(O)c(C(=O)O)c1. The number of rotatable bonds is 19. The minimum atomic E-state index is -1.23. The maximum absolute atomic E-state index is 12.6. The highest BCUT2D eigenvalue weighted by Gasteiger charge is 2.18. The van der Waals surface area contributed by atoms with Gasteiger partial charge in [-0.2, -0.15) is 0 Å². The van der Waals surface area contributed by atoms with Crippen molar-refractivity contribution in [2.24, 2.45) is 0 Å². The molecular weight excluding hydrogens is 482 g/mol. The Hall–Kier alpha value is -2.99. The first kappa shape index (κ1) is 32.0. The van der Waals surface area contributed by atoms with Crippen LogP contribution < -0.4 is 5.32 Å². The van der Waals surface area contributed by atoms with E-state index in [1.807, 2.05) is 6.92 Å². The van der Waals surface area contributed by atoms with Crippen molar-refractivity contribution in [2.75, 3.05) is 11.1 Å². The van der Waals surface area contributed by atoms with Crippen LogP contribution in [0.5, 0.6) is 5.75 Å². The zero-order chi connectivity index (χ0) is 27.1. The first-order valence-electron chi connectivity index (χ1n) is 13.2. The van der Waals surface area contributed by atoms with E-state index in [1.165, 1.54) is 18.2 Å². The third kappa shape index (κ3) is 15.7. The van der Waals surface area contributed by atoms with Crippen LogP contribution in [0.25, 0.3) is 0 Å². The van der Waals surface area contributed by atoms with Gasteiger partial charge in [-0.1, -0.05) is 74.6 Å². The monoisotopic (exact) mass is 525 g/mol. The molecule has 0 fully saturated rings. The van der Waals surface area contributed by atoms with Crippen molar-refractivity contribution in [3.05, 3.63) is 84.5 Å². The van der Waals surface area contributed by atoms with Gasteiger partial charge in [-0.25, -0.2) is 4.79 Å². The summed E-state index contributed by atoms with van der Waals surface area (Å²) in [6.45, 7) is 4.11. The average molecular weight is 526 g/mol. The molecule has 5 nitrogen and oxygen atoms in total. The quantitative estimate of drug-likeness (QED) is 0.0958. The molecule has 1 rings (SSSR count). The van der Waals surface area contributed by atoms with Gasteiger partial charge >= 0.3 is 5.97 Å². The number of hydrogen-bond donors (Lipinski definition) is 3. The molecule has 0 spiro atoms. The minimum absolute atomic E-state index is 0.146. The number of benzene rings is 1. The van der Waals surface area contributed by atoms with Crippen molar-refractivity contribution in [2.45, 2.75) is 76.9 Å². The Bertz CT molecular complexity index is 947. The lowest BCUT2D eigenvalue weighted by atomic mass is 10.1. The first-order chi connectivity index (χ1) is 18.0. The number of thioether (sulfide) groups is 1. The lowest BCUT2D eigenvalue weighted by molar-refractivity contribution is -0.115. The number of unbranched alkanes of at least 4 members (excludes halogenated alkanes) is 2. The van der Waals surface area contributed by atoms with Crippen LogP contribution in [0.2, 0.25) is 0 Å². The fourth-order valence-corrected chi connectivity index (χ4v) is 4.45. The number of carbonyl (C=O) groups excluding carboxylic acids is 1. The van der Waals surface area contributed by atoms with Gasteiger partial charge in [-0.15, -0.1) is 11.8 Å². The van der Waals surface area contributed by atoms with Crippen molar-refractivity contribution in [1.29, 1.82) is 0 Å². The maximum Gasteiger partial charge on any atom is 0.339 e. The smallest absolute Gasteiger partial charge is 0.339 e. The molecule has 1 aromatic carbocycles. The molecule has 1 atom stereocenters. The molecule has 0 aliphatic carbocycles. The van der Waals surface area contributed by atoms with E-state index in [0.717, 1.165) is 57.1 Å². The number of carbonyl (C=O) groups is 2. The van der Waals surface area contributed by atoms with Gasteiger partial charge in [-0.3, -0.25) is 4.79 Å². The third-order valence-corrected chi connectivity index (χ3v) is 6.87. The van der Waals surface area contributed by atoms with E-state index < -0.39 is 5.97 Å². The number of aromatic hydroxyl groups is 1. The van der Waals surface area contributed by atoms with E-state index in [2.05, 4.69) is 73.0 Å². The molecule has 0 bridgehead atoms. The summed E-state index contributed by atoms with van der Waals surface area (Å²) in [5.74, 6) is -0.804. The normalized spacial score (nSPS) is 13.0. The first-order valence-corrected chi connectivity index (χ1v) is 14.3. The Morgan fingerprint density at radius 1 is 0.865 bits per heavy atom. The van der Waals surface area contributed by atoms with Crippen LogP contribution in [0.15, 0.2) is 79.0 Å². The Morgan fingerprint density at radius 3 is 1.97 bits per heavy atom. The van der Waals surface area contributed by atoms with Crippen molar-refractivity contribution in [1.82, 2.24) is 0 Å². The molecule has 6 heteroatoms. The van der Waals surface area contributed by atoms with E-state index in [1.54, 1.807) is 11.8 Å². The van der Waals surface area contributed by atoms with Gasteiger partial charge in [-0.05, 0) is 81.7 Å². The lowest BCUT2D eigenvalue weighted by Crippen LogP contribution is -2.25. The number of aromatic carboxylic acids is 1. The van der Waals surface area contributed by atoms with Crippen LogP contribution in [0.1, 0.15) is 82.0 Å². The third-order valence-electron chi connectivity index (χ3n) is 5.40. The van der Waals surface area contributed by atoms with E-state index >= 15 is 0 Å². The molecule has 0 radical (unpaired) electrons. The molecule has 0 saturated carbocycles. The molecule has 0 saturated heterocycles. The summed E-state index contributed by atoms with van der Waals surface area (Å²) < 4.78 is 0. The average Bonchev–Trinajstić information content (AvgIpc) is 2.88. The summed E-state index contributed by atoms with van der Waals surface area (Å²) in [5, 5.41) is 21.3. The molecular formula is C31H43NO4S. The fourth-order valence-electron chi connectivity index (χ4n) is 3.35. The van der Waals surface area contributed by atoms with Crippen molar-refractivity contribution < 1.29 is 19.8 Å². The molecule has 3 N–H and O–H groups in total. The van der Waals surface area contributed by atoms with E-state index in [9.17, 15) is 14.7 Å². The molecule has 37 heavy (non-hydrogen) atoms. The molecule has 1 amide bonds. The van der Waals surface area contributed by atoms with Gasteiger partial charge in [0.05, 0.1) is 5.25 Å². The van der Waals surface area contributed by atoms with Crippen molar-refractivity contribution in [3.8, 4) is 5.75 Å². The Kier molecular flexibility index (Phi) is 18.3. The highest BCUT2D eigenvalue weighted by molar-refractivity contribution is 8.00. The minimum Gasteiger partial charge on any atom is -0.507 e. The number of amides is 1. The van der Waals surface area contributed by atoms with Crippen LogP contribution in [0, 0.1) is 0 Å². The number of nitrogens with one attached hydrogen (secondary N) is 1. The van der Waals surface area contributed by atoms with Crippen molar-refractivity contribution in [3.63, 3.8) is 0 Å². The predicted molar refractivity (Wildman–Crippen MR) is 159 cm³/mol. The maximum atomic E-state index is 12.6. The Morgan fingerprint density at radius 2 is 1.43 bits per heavy atom. The highest BCUT2D eigenvalue weighted by Crippen LogP contribution is 2.23. The van der Waals surface area contributed by atoms with Crippen LogP contribution in [0.3, 0.4) is 0 Å². The van der Waals surface area contributed by atoms with Crippen LogP contribution in [-0.2, 0) is 4.79 Å². The summed E-state index contributed by atoms with van der Waals surface area (Å²) in [6, 6.07) is 4.06. The number of carboxylic acids is 1. The van der Waals surface area contributed by atoms with Gasteiger partial charge < -0.3 is 15.5 Å². The largest absolute Gasteiger partial charge is 0.507 e. The molecule has 0 unspecified atom stereocenters. The lowest BCUT2D eigenvalue weighted by Gasteiger charge is -2.15. The fraction of sp³-hybridized carbons (Fsp3) is 0.419. The number of carboxylic acid groups (broad SMARTS) is 1. The summed E-state index contributed by atoms with van der Waals surface area (Å²) in [7, 11) is 0. The summed E-state index contributed by atoms with van der Waals surface area (Å²) in [5.41, 5.74) is 0.145. The summed E-state index contributed by atoms with van der Waals surface area (Å²) in [4.78, 5) is 23.7. The van der Waals surface area contributed by atoms with Gasteiger partial charge in [0.15, 0.2) is 0 Å². The van der Waals surface area contributed by atoms with E-state index in [-0.39, 0.29) is 22.5 Å². The zero-order valence-corrected chi connectivity index (χ0v) is 23.1. The topological polar surface area (TPSA) is 86.6 Å². The highest BCUT2D eigenvalue weighted by atomic mass is 32.2. The molecule has 0 aliphatic heterocycles. The van der Waals surface area contributed by atoms with Gasteiger partial charge in [0, 0.05) is 5.69 Å². The number of allylic oxidation sites excluding steroid dienone is 10. The number of phenols is 1. The van der Waals surface area contributed by atoms with E-state index in [4.69, 9.17) is 5.11 Å².